The fourth-order valence-electron chi connectivity index (χ4n) is 2.39. The largest absolute Gasteiger partial charge is 0.313 e. The molecule has 0 aliphatic carbocycles. The molecule has 0 aliphatic rings. The van der Waals surface area contributed by atoms with Crippen LogP contribution in [0.2, 0.25) is 0 Å². The Morgan fingerprint density at radius 1 is 1.11 bits per heavy atom. The standard InChI is InChI=1S/C17H23NS/c1-3-11-18-17(13-16-10-7-12-19-16)14(2)15-8-5-4-6-9-15/h4-10,12,14,17-18H,3,11,13H2,1-2H3. The minimum absolute atomic E-state index is 0.515. The number of hydrogen-bond donors (Lipinski definition) is 1. The van der Waals surface area contributed by atoms with Gasteiger partial charge in [-0.1, -0.05) is 50.2 Å². The molecule has 1 aromatic heterocycles. The highest BCUT2D eigenvalue weighted by atomic mass is 32.1. The summed E-state index contributed by atoms with van der Waals surface area (Å²) in [6.07, 6.45) is 2.30. The molecule has 0 bridgehead atoms. The average Bonchev–Trinajstić information content (AvgIpc) is 2.96. The van der Waals surface area contributed by atoms with Gasteiger partial charge in [0.25, 0.3) is 0 Å². The van der Waals surface area contributed by atoms with E-state index in [0.717, 1.165) is 13.0 Å². The fraction of sp³-hybridized carbons (Fsp3) is 0.412. The molecule has 1 aromatic carbocycles. The Morgan fingerprint density at radius 2 is 1.89 bits per heavy atom. The second-order valence-electron chi connectivity index (χ2n) is 5.04. The Labute approximate surface area is 120 Å². The zero-order valence-electron chi connectivity index (χ0n) is 11.8. The number of rotatable bonds is 7. The van der Waals surface area contributed by atoms with Gasteiger partial charge in [0.05, 0.1) is 0 Å². The molecule has 19 heavy (non-hydrogen) atoms. The Bertz CT molecular complexity index is 449. The van der Waals surface area contributed by atoms with Gasteiger partial charge in [0.2, 0.25) is 0 Å². The third-order valence-electron chi connectivity index (χ3n) is 3.59. The average molecular weight is 273 g/mol. The van der Waals surface area contributed by atoms with Crippen molar-refractivity contribution in [3.63, 3.8) is 0 Å². The van der Waals surface area contributed by atoms with Crippen molar-refractivity contribution in [2.24, 2.45) is 0 Å². The normalized spacial score (nSPS) is 14.2. The number of benzene rings is 1. The quantitative estimate of drug-likeness (QED) is 0.785. The summed E-state index contributed by atoms with van der Waals surface area (Å²) in [5.41, 5.74) is 1.42. The second-order valence-corrected chi connectivity index (χ2v) is 6.08. The first-order chi connectivity index (χ1) is 9.31. The van der Waals surface area contributed by atoms with Gasteiger partial charge in [0, 0.05) is 10.9 Å². The van der Waals surface area contributed by atoms with Crippen LogP contribution in [0.5, 0.6) is 0 Å². The molecule has 0 radical (unpaired) electrons. The Hall–Kier alpha value is -1.12. The van der Waals surface area contributed by atoms with Crippen molar-refractivity contribution in [2.75, 3.05) is 6.54 Å². The molecule has 2 heteroatoms. The number of nitrogens with one attached hydrogen (secondary N) is 1. The Morgan fingerprint density at radius 3 is 2.53 bits per heavy atom. The lowest BCUT2D eigenvalue weighted by Gasteiger charge is -2.25. The summed E-state index contributed by atoms with van der Waals surface area (Å²) in [7, 11) is 0. The molecule has 2 rings (SSSR count). The van der Waals surface area contributed by atoms with Gasteiger partial charge < -0.3 is 5.32 Å². The van der Waals surface area contributed by atoms with Gasteiger partial charge in [-0.15, -0.1) is 11.3 Å². The van der Waals surface area contributed by atoms with E-state index in [1.165, 1.54) is 16.9 Å². The smallest absolute Gasteiger partial charge is 0.0181 e. The van der Waals surface area contributed by atoms with E-state index >= 15 is 0 Å². The molecule has 0 fully saturated rings. The van der Waals surface area contributed by atoms with E-state index in [0.29, 0.717) is 12.0 Å². The minimum atomic E-state index is 0.515. The molecule has 2 aromatic rings. The van der Waals surface area contributed by atoms with Crippen molar-refractivity contribution < 1.29 is 0 Å². The van der Waals surface area contributed by atoms with Gasteiger partial charge >= 0.3 is 0 Å². The summed E-state index contributed by atoms with van der Waals surface area (Å²) in [6.45, 7) is 5.64. The first-order valence-corrected chi connectivity index (χ1v) is 8.00. The molecule has 1 N–H and O–H groups in total. The topological polar surface area (TPSA) is 12.0 Å². The Balaban J connectivity index is 2.08. The van der Waals surface area contributed by atoms with Gasteiger partial charge in [-0.25, -0.2) is 0 Å². The molecule has 0 amide bonds. The highest BCUT2D eigenvalue weighted by Crippen LogP contribution is 2.23. The van der Waals surface area contributed by atoms with Crippen molar-refractivity contribution in [3.8, 4) is 0 Å². The summed E-state index contributed by atoms with van der Waals surface area (Å²) in [5.74, 6) is 0.537. The number of thiophene rings is 1. The second kappa shape index (κ2) is 7.46. The van der Waals surface area contributed by atoms with Gasteiger partial charge in [0.15, 0.2) is 0 Å². The summed E-state index contributed by atoms with van der Waals surface area (Å²) in [6, 6.07) is 15.7. The van der Waals surface area contributed by atoms with Crippen molar-refractivity contribution >= 4 is 11.3 Å². The molecule has 1 nitrogen and oxygen atoms in total. The molecule has 0 spiro atoms. The molecule has 0 saturated heterocycles. The van der Waals surface area contributed by atoms with Gasteiger partial charge in [-0.3, -0.25) is 0 Å². The van der Waals surface area contributed by atoms with E-state index in [9.17, 15) is 0 Å². The Kier molecular flexibility index (Phi) is 5.62. The summed E-state index contributed by atoms with van der Waals surface area (Å²) in [5, 5.41) is 5.88. The van der Waals surface area contributed by atoms with Crippen LogP contribution in [0.1, 0.15) is 36.6 Å². The first kappa shape index (κ1) is 14.3. The maximum atomic E-state index is 3.71. The van der Waals surface area contributed by atoms with Crippen LogP contribution in [0.15, 0.2) is 47.8 Å². The van der Waals surface area contributed by atoms with Crippen molar-refractivity contribution in [3.05, 3.63) is 58.3 Å². The molecule has 2 unspecified atom stereocenters. The van der Waals surface area contributed by atoms with Crippen LogP contribution in [-0.2, 0) is 6.42 Å². The number of hydrogen-bond acceptors (Lipinski definition) is 2. The van der Waals surface area contributed by atoms with Crippen molar-refractivity contribution in [1.82, 2.24) is 5.32 Å². The molecular formula is C17H23NS. The highest BCUT2D eigenvalue weighted by molar-refractivity contribution is 7.09. The van der Waals surface area contributed by atoms with Crippen LogP contribution in [0.3, 0.4) is 0 Å². The van der Waals surface area contributed by atoms with Gasteiger partial charge in [-0.2, -0.15) is 0 Å². The predicted molar refractivity (Wildman–Crippen MR) is 85.0 cm³/mol. The van der Waals surface area contributed by atoms with Crippen LogP contribution in [0, 0.1) is 0 Å². The summed E-state index contributed by atoms with van der Waals surface area (Å²) < 4.78 is 0. The lowest BCUT2D eigenvalue weighted by molar-refractivity contribution is 0.449. The fourth-order valence-corrected chi connectivity index (χ4v) is 3.15. The van der Waals surface area contributed by atoms with Gasteiger partial charge in [-0.05, 0) is 42.3 Å². The van der Waals surface area contributed by atoms with E-state index in [-0.39, 0.29) is 0 Å². The third kappa shape index (κ3) is 4.19. The van der Waals surface area contributed by atoms with Crippen LogP contribution < -0.4 is 5.32 Å². The maximum absolute atomic E-state index is 3.71. The molecule has 0 saturated carbocycles. The summed E-state index contributed by atoms with van der Waals surface area (Å²) >= 11 is 1.86. The van der Waals surface area contributed by atoms with Crippen LogP contribution in [0.4, 0.5) is 0 Å². The van der Waals surface area contributed by atoms with E-state index in [2.05, 4.69) is 67.0 Å². The zero-order valence-corrected chi connectivity index (χ0v) is 12.6. The SMILES string of the molecule is CCCNC(Cc1cccs1)C(C)c1ccccc1. The van der Waals surface area contributed by atoms with E-state index < -0.39 is 0 Å². The molecule has 2 atom stereocenters. The lowest BCUT2D eigenvalue weighted by Crippen LogP contribution is -2.36. The van der Waals surface area contributed by atoms with Gasteiger partial charge in [0.1, 0.15) is 0 Å². The highest BCUT2D eigenvalue weighted by Gasteiger charge is 2.18. The molecule has 0 aliphatic heterocycles. The van der Waals surface area contributed by atoms with E-state index in [4.69, 9.17) is 0 Å². The van der Waals surface area contributed by atoms with Crippen LogP contribution in [0.25, 0.3) is 0 Å². The van der Waals surface area contributed by atoms with Crippen molar-refractivity contribution in [2.45, 2.75) is 38.6 Å². The lowest BCUT2D eigenvalue weighted by atomic mass is 9.91. The third-order valence-corrected chi connectivity index (χ3v) is 4.49. The van der Waals surface area contributed by atoms with Crippen LogP contribution >= 0.6 is 11.3 Å². The minimum Gasteiger partial charge on any atom is -0.313 e. The maximum Gasteiger partial charge on any atom is 0.0181 e. The van der Waals surface area contributed by atoms with E-state index in [1.807, 2.05) is 11.3 Å². The predicted octanol–water partition coefficient (Wildman–Crippen LogP) is 4.46. The van der Waals surface area contributed by atoms with E-state index in [1.54, 1.807) is 0 Å². The molecule has 102 valence electrons. The first-order valence-electron chi connectivity index (χ1n) is 7.12. The summed E-state index contributed by atoms with van der Waals surface area (Å²) in [4.78, 5) is 1.47. The van der Waals surface area contributed by atoms with Crippen LogP contribution in [-0.4, -0.2) is 12.6 Å². The van der Waals surface area contributed by atoms with Crippen molar-refractivity contribution in [1.29, 1.82) is 0 Å². The zero-order chi connectivity index (χ0) is 13.5. The monoisotopic (exact) mass is 273 g/mol. The molecular weight excluding hydrogens is 250 g/mol. The molecule has 1 heterocycles.